The van der Waals surface area contributed by atoms with Gasteiger partial charge < -0.3 is 24.7 Å². The molecule has 180 valence electrons. The van der Waals surface area contributed by atoms with E-state index in [0.29, 0.717) is 19.3 Å². The molecule has 3 saturated heterocycles. The fraction of sp³-hybridized carbons (Fsp3) is 0.792. The van der Waals surface area contributed by atoms with Crippen molar-refractivity contribution in [2.45, 2.75) is 89.6 Å². The predicted molar refractivity (Wildman–Crippen MR) is 119 cm³/mol. The molecular formula is C24H38N2O6. The average molecular weight is 451 g/mol. The summed E-state index contributed by atoms with van der Waals surface area (Å²) >= 11 is 0. The topological polar surface area (TPSA) is 107 Å². The van der Waals surface area contributed by atoms with Crippen LogP contribution in [-0.4, -0.2) is 79.8 Å². The maximum atomic E-state index is 14.1. The number of carboxylic acids is 1. The highest BCUT2D eigenvalue weighted by Gasteiger charge is 2.79. The lowest BCUT2D eigenvalue weighted by molar-refractivity contribution is -0.160. The van der Waals surface area contributed by atoms with Gasteiger partial charge in [0.05, 0.1) is 30.1 Å². The average Bonchev–Trinajstić information content (AvgIpc) is 3.23. The van der Waals surface area contributed by atoms with Gasteiger partial charge in [-0.25, -0.2) is 0 Å². The Kier molecular flexibility index (Phi) is 6.28. The normalized spacial score (nSPS) is 34.7. The number of likely N-dealkylation sites (tertiary alicyclic amines) is 1. The highest BCUT2D eigenvalue weighted by atomic mass is 16.5. The van der Waals surface area contributed by atoms with E-state index in [-0.39, 0.29) is 25.0 Å². The minimum absolute atomic E-state index is 0.172. The van der Waals surface area contributed by atoms with Crippen LogP contribution in [0.3, 0.4) is 0 Å². The van der Waals surface area contributed by atoms with Crippen molar-refractivity contribution >= 4 is 17.8 Å². The molecule has 3 aliphatic rings. The number of rotatable bonds is 8. The summed E-state index contributed by atoms with van der Waals surface area (Å²) in [5.41, 5.74) is -2.75. The molecule has 2 bridgehead atoms. The van der Waals surface area contributed by atoms with Crippen molar-refractivity contribution in [2.24, 2.45) is 17.8 Å². The Balaban J connectivity index is 2.17. The molecule has 2 N–H and O–H groups in total. The molecule has 2 unspecified atom stereocenters. The quantitative estimate of drug-likeness (QED) is 0.548. The number of carboxylic acid groups (broad SMARTS) is 1. The van der Waals surface area contributed by atoms with Gasteiger partial charge in [0.2, 0.25) is 11.8 Å². The van der Waals surface area contributed by atoms with E-state index in [1.165, 1.54) is 4.90 Å². The van der Waals surface area contributed by atoms with Crippen molar-refractivity contribution in [3.05, 3.63) is 12.7 Å². The Labute approximate surface area is 190 Å². The Bertz CT molecular complexity index is 805. The van der Waals surface area contributed by atoms with Crippen molar-refractivity contribution in [1.29, 1.82) is 0 Å². The molecule has 3 rings (SSSR count). The van der Waals surface area contributed by atoms with Gasteiger partial charge in [0.15, 0.2) is 0 Å². The van der Waals surface area contributed by atoms with Gasteiger partial charge in [-0.1, -0.05) is 19.9 Å². The SMILES string of the molecule is C=CCN(C(=O)C1N([C@@H](CO)CC(C)C)C(=O)[C@@H]2[C@@H](C(=O)O)[C@@]3(C)CCC12O3)C(C)(C)C. The Morgan fingerprint density at radius 1 is 1.34 bits per heavy atom. The number of aliphatic carboxylic acids is 1. The number of ether oxygens (including phenoxy) is 1. The largest absolute Gasteiger partial charge is 0.481 e. The molecule has 6 atom stereocenters. The van der Waals surface area contributed by atoms with Crippen LogP contribution in [0.1, 0.15) is 60.8 Å². The third-order valence-electron chi connectivity index (χ3n) is 7.45. The third-order valence-corrected chi connectivity index (χ3v) is 7.45. The molecule has 32 heavy (non-hydrogen) atoms. The van der Waals surface area contributed by atoms with Crippen LogP contribution >= 0.6 is 0 Å². The van der Waals surface area contributed by atoms with Gasteiger partial charge in [-0.15, -0.1) is 6.58 Å². The first-order valence-electron chi connectivity index (χ1n) is 11.5. The van der Waals surface area contributed by atoms with E-state index in [1.54, 1.807) is 17.9 Å². The molecule has 3 heterocycles. The van der Waals surface area contributed by atoms with Crippen LogP contribution in [0.15, 0.2) is 12.7 Å². The number of fused-ring (bicyclic) bond motifs is 1. The first-order chi connectivity index (χ1) is 14.7. The predicted octanol–water partition coefficient (Wildman–Crippen LogP) is 2.06. The number of hydrogen-bond donors (Lipinski definition) is 2. The minimum atomic E-state index is -1.21. The zero-order chi connectivity index (χ0) is 24.2. The first kappa shape index (κ1) is 24.7. The standard InChI is InChI=1S/C24H38N2O6/c1-8-11-25(22(4,5)6)20(29)18-24-10-9-23(7,32-24)17(21(30)31)16(24)19(28)26(18)15(13-27)12-14(2)3/h8,14-18,27H,1,9-13H2,2-7H3,(H,30,31)/t15-,16+,17+,18?,23-,24?/m1/s1. The minimum Gasteiger partial charge on any atom is -0.481 e. The van der Waals surface area contributed by atoms with Gasteiger partial charge in [-0.2, -0.15) is 0 Å². The van der Waals surface area contributed by atoms with Crippen molar-refractivity contribution in [2.75, 3.05) is 13.2 Å². The smallest absolute Gasteiger partial charge is 0.310 e. The third kappa shape index (κ3) is 3.55. The van der Waals surface area contributed by atoms with Crippen LogP contribution in [0.5, 0.6) is 0 Å². The summed E-state index contributed by atoms with van der Waals surface area (Å²) in [4.78, 5) is 43.4. The molecule has 0 aliphatic carbocycles. The number of carbonyl (C=O) groups is 3. The molecule has 1 spiro atoms. The number of aliphatic hydroxyl groups is 1. The number of amides is 2. The first-order valence-corrected chi connectivity index (χ1v) is 11.5. The van der Waals surface area contributed by atoms with Crippen LogP contribution in [-0.2, 0) is 19.1 Å². The molecule has 2 amide bonds. The van der Waals surface area contributed by atoms with E-state index in [4.69, 9.17) is 4.74 Å². The maximum Gasteiger partial charge on any atom is 0.310 e. The van der Waals surface area contributed by atoms with Crippen LogP contribution in [0.25, 0.3) is 0 Å². The molecule has 0 aromatic heterocycles. The van der Waals surface area contributed by atoms with Crippen molar-refractivity contribution in [1.82, 2.24) is 9.80 Å². The number of aliphatic hydroxyl groups excluding tert-OH is 1. The van der Waals surface area contributed by atoms with Crippen LogP contribution in [0.2, 0.25) is 0 Å². The van der Waals surface area contributed by atoms with E-state index in [1.807, 2.05) is 34.6 Å². The van der Waals surface area contributed by atoms with Gasteiger partial charge in [-0.3, -0.25) is 14.4 Å². The maximum absolute atomic E-state index is 14.1. The van der Waals surface area contributed by atoms with E-state index in [9.17, 15) is 24.6 Å². The van der Waals surface area contributed by atoms with Crippen LogP contribution < -0.4 is 0 Å². The second-order valence-electron chi connectivity index (χ2n) is 11.2. The molecule has 8 heteroatoms. The molecule has 0 aromatic carbocycles. The van der Waals surface area contributed by atoms with Crippen molar-refractivity contribution < 1.29 is 29.3 Å². The summed E-state index contributed by atoms with van der Waals surface area (Å²) in [6, 6.07) is -1.58. The summed E-state index contributed by atoms with van der Waals surface area (Å²) in [5.74, 6) is -3.56. The van der Waals surface area contributed by atoms with E-state index >= 15 is 0 Å². The summed E-state index contributed by atoms with van der Waals surface area (Å²) in [5, 5.41) is 20.2. The van der Waals surface area contributed by atoms with E-state index < -0.39 is 52.5 Å². The zero-order valence-corrected chi connectivity index (χ0v) is 20.1. The summed E-state index contributed by atoms with van der Waals surface area (Å²) in [6.07, 6.45) is 3.05. The molecule has 8 nitrogen and oxygen atoms in total. The van der Waals surface area contributed by atoms with Gasteiger partial charge >= 0.3 is 5.97 Å². The summed E-state index contributed by atoms with van der Waals surface area (Å²) in [7, 11) is 0. The molecule has 0 aromatic rings. The summed E-state index contributed by atoms with van der Waals surface area (Å²) in [6.45, 7) is 15.2. The van der Waals surface area contributed by atoms with Crippen LogP contribution in [0.4, 0.5) is 0 Å². The second-order valence-corrected chi connectivity index (χ2v) is 11.2. The Morgan fingerprint density at radius 2 is 1.97 bits per heavy atom. The van der Waals surface area contributed by atoms with Crippen LogP contribution in [0, 0.1) is 17.8 Å². The Morgan fingerprint density at radius 3 is 2.44 bits per heavy atom. The highest BCUT2D eigenvalue weighted by molar-refractivity contribution is 5.98. The number of hydrogen-bond acceptors (Lipinski definition) is 5. The van der Waals surface area contributed by atoms with Gasteiger partial charge in [0.1, 0.15) is 11.6 Å². The zero-order valence-electron chi connectivity index (χ0n) is 20.1. The second kappa shape index (κ2) is 8.13. The Hall–Kier alpha value is -1.93. The molecular weight excluding hydrogens is 412 g/mol. The lowest BCUT2D eigenvalue weighted by Gasteiger charge is -2.43. The van der Waals surface area contributed by atoms with Gasteiger partial charge in [0.25, 0.3) is 0 Å². The fourth-order valence-corrected chi connectivity index (χ4v) is 6.20. The monoisotopic (exact) mass is 450 g/mol. The molecule has 0 saturated carbocycles. The number of nitrogens with zero attached hydrogens (tertiary/aromatic N) is 2. The lowest BCUT2D eigenvalue weighted by atomic mass is 9.66. The van der Waals surface area contributed by atoms with E-state index in [0.717, 1.165) is 0 Å². The van der Waals surface area contributed by atoms with E-state index in [2.05, 4.69) is 6.58 Å². The fourth-order valence-electron chi connectivity index (χ4n) is 6.20. The highest BCUT2D eigenvalue weighted by Crippen LogP contribution is 2.63. The molecule has 3 aliphatic heterocycles. The van der Waals surface area contributed by atoms with Crippen molar-refractivity contribution in [3.8, 4) is 0 Å². The summed E-state index contributed by atoms with van der Waals surface area (Å²) < 4.78 is 6.42. The molecule has 0 radical (unpaired) electrons. The lowest BCUT2D eigenvalue weighted by Crippen LogP contribution is -2.61. The van der Waals surface area contributed by atoms with Gasteiger partial charge in [0, 0.05) is 12.1 Å². The molecule has 3 fully saturated rings. The van der Waals surface area contributed by atoms with Gasteiger partial charge in [-0.05, 0) is 52.9 Å². The van der Waals surface area contributed by atoms with Crippen molar-refractivity contribution in [3.63, 3.8) is 0 Å². The number of carbonyl (C=O) groups excluding carboxylic acids is 2.